The molecule has 0 saturated heterocycles. The van der Waals surface area contributed by atoms with Crippen LogP contribution in [0, 0.1) is 5.92 Å². The Morgan fingerprint density at radius 2 is 2.00 bits per heavy atom. The Hall–Kier alpha value is -1.06. The summed E-state index contributed by atoms with van der Waals surface area (Å²) in [4.78, 5) is 0. The average Bonchev–Trinajstić information content (AvgIpc) is 3.20. The van der Waals surface area contributed by atoms with E-state index in [1.165, 1.54) is 18.4 Å². The molecule has 1 aromatic rings. The number of benzene rings is 1. The van der Waals surface area contributed by atoms with E-state index in [4.69, 9.17) is 9.47 Å². The molecular weight excluding hydrogens is 250 g/mol. The molecule has 0 unspecified atom stereocenters. The summed E-state index contributed by atoms with van der Waals surface area (Å²) >= 11 is 0. The minimum atomic E-state index is 0.132. The lowest BCUT2D eigenvalue weighted by molar-refractivity contribution is 0.0927. The van der Waals surface area contributed by atoms with Crippen LogP contribution in [0.15, 0.2) is 24.3 Å². The van der Waals surface area contributed by atoms with Gasteiger partial charge in [-0.2, -0.15) is 0 Å². The second-order valence-corrected chi connectivity index (χ2v) is 6.62. The van der Waals surface area contributed by atoms with Crippen LogP contribution in [0.25, 0.3) is 0 Å². The fourth-order valence-corrected chi connectivity index (χ4v) is 1.87. The predicted octanol–water partition coefficient (Wildman–Crippen LogP) is 3.38. The van der Waals surface area contributed by atoms with Gasteiger partial charge in [0, 0.05) is 18.7 Å². The maximum atomic E-state index is 5.73. The van der Waals surface area contributed by atoms with Gasteiger partial charge in [0.1, 0.15) is 12.4 Å². The van der Waals surface area contributed by atoms with Crippen molar-refractivity contribution in [2.45, 2.75) is 45.7 Å². The van der Waals surface area contributed by atoms with Crippen LogP contribution < -0.4 is 10.1 Å². The van der Waals surface area contributed by atoms with Gasteiger partial charge in [0.05, 0.1) is 6.61 Å². The molecule has 3 heteroatoms. The molecule has 2 rings (SSSR count). The van der Waals surface area contributed by atoms with Crippen molar-refractivity contribution in [2.24, 2.45) is 5.92 Å². The summed E-state index contributed by atoms with van der Waals surface area (Å²) in [6, 6.07) is 8.26. The predicted molar refractivity (Wildman–Crippen MR) is 82.1 cm³/mol. The van der Waals surface area contributed by atoms with Crippen molar-refractivity contribution >= 4 is 0 Å². The molecule has 0 heterocycles. The maximum absolute atomic E-state index is 5.73. The first-order valence-electron chi connectivity index (χ1n) is 7.57. The van der Waals surface area contributed by atoms with E-state index in [1.54, 1.807) is 0 Å². The summed E-state index contributed by atoms with van der Waals surface area (Å²) in [5.74, 6) is 1.75. The van der Waals surface area contributed by atoms with Crippen LogP contribution in [0.3, 0.4) is 0 Å². The van der Waals surface area contributed by atoms with Crippen LogP contribution in [0.4, 0.5) is 0 Å². The van der Waals surface area contributed by atoms with Gasteiger partial charge in [-0.1, -0.05) is 12.1 Å². The van der Waals surface area contributed by atoms with Crippen molar-refractivity contribution in [3.05, 3.63) is 29.8 Å². The van der Waals surface area contributed by atoms with Crippen molar-refractivity contribution in [3.8, 4) is 5.75 Å². The zero-order chi connectivity index (χ0) is 14.4. The number of hydrogen-bond acceptors (Lipinski definition) is 3. The molecule has 0 spiro atoms. The lowest BCUT2D eigenvalue weighted by atomic mass is 10.1. The van der Waals surface area contributed by atoms with Gasteiger partial charge in [0.2, 0.25) is 0 Å². The van der Waals surface area contributed by atoms with Crippen molar-refractivity contribution in [1.29, 1.82) is 0 Å². The minimum absolute atomic E-state index is 0.132. The Bertz CT molecular complexity index is 408. The number of rotatable bonds is 8. The highest BCUT2D eigenvalue weighted by atomic mass is 16.5. The zero-order valence-electron chi connectivity index (χ0n) is 12.9. The van der Waals surface area contributed by atoms with Crippen molar-refractivity contribution in [3.63, 3.8) is 0 Å². The van der Waals surface area contributed by atoms with Gasteiger partial charge < -0.3 is 14.8 Å². The number of hydrogen-bond donors (Lipinski definition) is 1. The van der Waals surface area contributed by atoms with Gasteiger partial charge in [0.15, 0.2) is 0 Å². The molecule has 0 aliphatic heterocycles. The third kappa shape index (κ3) is 6.40. The average molecular weight is 277 g/mol. The molecular formula is C17H27NO2. The highest BCUT2D eigenvalue weighted by Crippen LogP contribution is 2.28. The first-order chi connectivity index (χ1) is 9.53. The van der Waals surface area contributed by atoms with E-state index in [1.807, 2.05) is 12.1 Å². The quantitative estimate of drug-likeness (QED) is 0.739. The molecule has 1 N–H and O–H groups in total. The van der Waals surface area contributed by atoms with E-state index in [2.05, 4.69) is 38.2 Å². The zero-order valence-corrected chi connectivity index (χ0v) is 12.9. The molecule has 112 valence electrons. The van der Waals surface area contributed by atoms with Crippen LogP contribution >= 0.6 is 0 Å². The van der Waals surface area contributed by atoms with E-state index >= 15 is 0 Å². The van der Waals surface area contributed by atoms with E-state index < -0.39 is 0 Å². The SMILES string of the molecule is CC(C)(C)NCc1cccc(OCCOCC2CC2)c1. The Morgan fingerprint density at radius 1 is 1.20 bits per heavy atom. The molecule has 3 nitrogen and oxygen atoms in total. The van der Waals surface area contributed by atoms with Gasteiger partial charge in [-0.3, -0.25) is 0 Å². The molecule has 1 aromatic carbocycles. The molecule has 20 heavy (non-hydrogen) atoms. The van der Waals surface area contributed by atoms with Gasteiger partial charge in [-0.25, -0.2) is 0 Å². The van der Waals surface area contributed by atoms with Crippen LogP contribution in [0.5, 0.6) is 5.75 Å². The third-order valence-electron chi connectivity index (χ3n) is 3.27. The molecule has 1 fully saturated rings. The van der Waals surface area contributed by atoms with Crippen LogP contribution in [-0.4, -0.2) is 25.4 Å². The summed E-state index contributed by atoms with van der Waals surface area (Å²) in [6.07, 6.45) is 2.67. The summed E-state index contributed by atoms with van der Waals surface area (Å²) in [7, 11) is 0. The van der Waals surface area contributed by atoms with E-state index in [-0.39, 0.29) is 5.54 Å². The fourth-order valence-electron chi connectivity index (χ4n) is 1.87. The molecule has 0 aromatic heterocycles. The lowest BCUT2D eigenvalue weighted by Gasteiger charge is -2.20. The number of nitrogens with one attached hydrogen (secondary N) is 1. The second-order valence-electron chi connectivity index (χ2n) is 6.62. The summed E-state index contributed by atoms with van der Waals surface area (Å²) in [5.41, 5.74) is 1.38. The Balaban J connectivity index is 1.68. The van der Waals surface area contributed by atoms with E-state index in [9.17, 15) is 0 Å². The second kappa shape index (κ2) is 7.09. The third-order valence-corrected chi connectivity index (χ3v) is 3.27. The van der Waals surface area contributed by atoms with Crippen LogP contribution in [-0.2, 0) is 11.3 Å². The van der Waals surface area contributed by atoms with Crippen molar-refractivity contribution in [2.75, 3.05) is 19.8 Å². The highest BCUT2D eigenvalue weighted by Gasteiger charge is 2.20. The monoisotopic (exact) mass is 277 g/mol. The summed E-state index contributed by atoms with van der Waals surface area (Å²) in [6.45, 7) is 9.58. The van der Waals surface area contributed by atoms with E-state index in [0.717, 1.165) is 24.8 Å². The smallest absolute Gasteiger partial charge is 0.119 e. The summed E-state index contributed by atoms with van der Waals surface area (Å²) < 4.78 is 11.3. The molecule has 0 radical (unpaired) electrons. The number of ether oxygens (including phenoxy) is 2. The van der Waals surface area contributed by atoms with Gasteiger partial charge in [-0.15, -0.1) is 0 Å². The molecule has 0 atom stereocenters. The van der Waals surface area contributed by atoms with Crippen molar-refractivity contribution < 1.29 is 9.47 Å². The topological polar surface area (TPSA) is 30.5 Å². The minimum Gasteiger partial charge on any atom is -0.491 e. The maximum Gasteiger partial charge on any atom is 0.119 e. The molecule has 0 amide bonds. The normalized spacial score (nSPS) is 15.3. The highest BCUT2D eigenvalue weighted by molar-refractivity contribution is 5.28. The summed E-state index contributed by atoms with van der Waals surface area (Å²) in [5, 5.41) is 3.48. The van der Waals surface area contributed by atoms with Gasteiger partial charge >= 0.3 is 0 Å². The van der Waals surface area contributed by atoms with Crippen LogP contribution in [0.2, 0.25) is 0 Å². The molecule has 0 bridgehead atoms. The largest absolute Gasteiger partial charge is 0.491 e. The Labute approximate surface area is 122 Å². The molecule has 1 aliphatic rings. The Kier molecular flexibility index (Phi) is 5.44. The first-order valence-corrected chi connectivity index (χ1v) is 7.57. The lowest BCUT2D eigenvalue weighted by Crippen LogP contribution is -2.35. The standard InChI is InChI=1S/C17H27NO2/c1-17(2,3)18-12-15-5-4-6-16(11-15)20-10-9-19-13-14-7-8-14/h4-6,11,14,18H,7-10,12-13H2,1-3H3. The van der Waals surface area contributed by atoms with Gasteiger partial charge in [0.25, 0.3) is 0 Å². The molecule has 1 aliphatic carbocycles. The molecule has 1 saturated carbocycles. The van der Waals surface area contributed by atoms with Gasteiger partial charge in [-0.05, 0) is 57.2 Å². The first kappa shape index (κ1) is 15.3. The van der Waals surface area contributed by atoms with Crippen LogP contribution in [0.1, 0.15) is 39.2 Å². The van der Waals surface area contributed by atoms with E-state index in [0.29, 0.717) is 13.2 Å². The fraction of sp³-hybridized carbons (Fsp3) is 0.647. The van der Waals surface area contributed by atoms with Crippen molar-refractivity contribution in [1.82, 2.24) is 5.32 Å². The Morgan fingerprint density at radius 3 is 2.70 bits per heavy atom.